The van der Waals surface area contributed by atoms with Gasteiger partial charge in [0.15, 0.2) is 0 Å². The second-order valence-corrected chi connectivity index (χ2v) is 5.42. The van der Waals surface area contributed by atoms with Crippen molar-refractivity contribution in [2.45, 2.75) is 38.4 Å². The zero-order valence-corrected chi connectivity index (χ0v) is 10.6. The minimum absolute atomic E-state index is 0.0403. The fourth-order valence-electron chi connectivity index (χ4n) is 2.50. The Hall–Kier alpha value is -1.68. The number of nitrogens with zero attached hydrogens (tertiary/aromatic N) is 2. The highest BCUT2D eigenvalue weighted by Crippen LogP contribution is 2.38. The van der Waals surface area contributed by atoms with E-state index in [0.717, 1.165) is 24.7 Å². The summed E-state index contributed by atoms with van der Waals surface area (Å²) in [6.45, 7) is 4.34. The third-order valence-electron chi connectivity index (χ3n) is 3.63. The molecule has 0 saturated carbocycles. The molecular formula is C14H16N2O2. The van der Waals surface area contributed by atoms with Gasteiger partial charge in [0.05, 0.1) is 5.54 Å². The van der Waals surface area contributed by atoms with Crippen LogP contribution in [-0.2, 0) is 4.84 Å². The Kier molecular flexibility index (Phi) is 2.48. The molecule has 2 aliphatic rings. The van der Waals surface area contributed by atoms with Crippen molar-refractivity contribution in [2.24, 2.45) is 4.99 Å². The lowest BCUT2D eigenvalue weighted by Gasteiger charge is -2.28. The number of rotatable bonds is 2. The summed E-state index contributed by atoms with van der Waals surface area (Å²) in [5.74, 6) is 0.658. The van der Waals surface area contributed by atoms with Gasteiger partial charge in [-0.15, -0.1) is 5.06 Å². The van der Waals surface area contributed by atoms with Crippen LogP contribution in [0.3, 0.4) is 0 Å². The van der Waals surface area contributed by atoms with E-state index in [9.17, 15) is 4.79 Å². The molecule has 0 amide bonds. The number of aliphatic imine (C=N–C) groups is 1. The van der Waals surface area contributed by atoms with Gasteiger partial charge in [0.2, 0.25) is 5.90 Å². The molecule has 1 saturated heterocycles. The smallest absolute Gasteiger partial charge is 0.242 e. The molecule has 0 aromatic heterocycles. The van der Waals surface area contributed by atoms with Crippen LogP contribution >= 0.6 is 0 Å². The fraction of sp³-hybridized carbons (Fsp3) is 0.429. The van der Waals surface area contributed by atoms with Crippen LogP contribution in [0.5, 0.6) is 0 Å². The minimum atomic E-state index is 0.0403. The van der Waals surface area contributed by atoms with Gasteiger partial charge in [-0.05, 0) is 38.8 Å². The highest BCUT2D eigenvalue weighted by atomic mass is 16.7. The van der Waals surface area contributed by atoms with Crippen LogP contribution in [0.1, 0.15) is 42.6 Å². The molecule has 94 valence electrons. The monoisotopic (exact) mass is 244 g/mol. The summed E-state index contributed by atoms with van der Waals surface area (Å²) in [6.07, 6.45) is 3.10. The van der Waals surface area contributed by atoms with Crippen molar-refractivity contribution in [1.82, 2.24) is 5.06 Å². The molecule has 1 fully saturated rings. The standard InChI is InChI=1S/C14H16N2O2/c1-14(2)8-7-12-15-13(18-16(12)14)11-5-3-10(9-17)4-6-11/h3-6,9,12H,7-8H2,1-2H3. The number of benzene rings is 1. The van der Waals surface area contributed by atoms with Crippen molar-refractivity contribution in [3.63, 3.8) is 0 Å². The molecule has 1 atom stereocenters. The molecule has 1 aromatic rings. The number of hydroxylamine groups is 2. The largest absolute Gasteiger partial charge is 0.383 e. The molecule has 1 unspecified atom stereocenters. The van der Waals surface area contributed by atoms with Gasteiger partial charge in [-0.2, -0.15) is 0 Å². The fourth-order valence-corrected chi connectivity index (χ4v) is 2.50. The van der Waals surface area contributed by atoms with E-state index in [-0.39, 0.29) is 11.7 Å². The van der Waals surface area contributed by atoms with Gasteiger partial charge in [-0.3, -0.25) is 4.79 Å². The molecule has 0 aliphatic carbocycles. The van der Waals surface area contributed by atoms with E-state index in [1.165, 1.54) is 0 Å². The Balaban J connectivity index is 1.84. The van der Waals surface area contributed by atoms with Gasteiger partial charge in [0.25, 0.3) is 0 Å². The number of hydrogen-bond donors (Lipinski definition) is 0. The molecule has 1 aromatic carbocycles. The van der Waals surface area contributed by atoms with Crippen LogP contribution < -0.4 is 0 Å². The first-order chi connectivity index (χ1) is 8.60. The van der Waals surface area contributed by atoms with E-state index in [1.807, 2.05) is 17.2 Å². The number of carbonyl (C=O) groups excluding carboxylic acids is 1. The lowest BCUT2D eigenvalue weighted by atomic mass is 10.0. The Morgan fingerprint density at radius 3 is 2.72 bits per heavy atom. The maximum absolute atomic E-state index is 10.6. The summed E-state index contributed by atoms with van der Waals surface area (Å²) < 4.78 is 0. The van der Waals surface area contributed by atoms with Crippen LogP contribution in [0.25, 0.3) is 0 Å². The van der Waals surface area contributed by atoms with Crippen LogP contribution in [0.4, 0.5) is 0 Å². The summed E-state index contributed by atoms with van der Waals surface area (Å²) in [6, 6.07) is 7.31. The Labute approximate surface area is 106 Å². The number of aldehydes is 1. The van der Waals surface area contributed by atoms with E-state index in [0.29, 0.717) is 11.5 Å². The van der Waals surface area contributed by atoms with E-state index in [4.69, 9.17) is 4.84 Å². The zero-order valence-electron chi connectivity index (χ0n) is 10.6. The van der Waals surface area contributed by atoms with Crippen molar-refractivity contribution in [1.29, 1.82) is 0 Å². The van der Waals surface area contributed by atoms with Gasteiger partial charge in [0, 0.05) is 11.1 Å². The van der Waals surface area contributed by atoms with Crippen LogP contribution in [-0.4, -0.2) is 29.0 Å². The number of carbonyl (C=O) groups is 1. The van der Waals surface area contributed by atoms with E-state index in [2.05, 4.69) is 18.8 Å². The van der Waals surface area contributed by atoms with Crippen molar-refractivity contribution < 1.29 is 9.63 Å². The first-order valence-electron chi connectivity index (χ1n) is 6.21. The van der Waals surface area contributed by atoms with Gasteiger partial charge in [0.1, 0.15) is 12.5 Å². The average Bonchev–Trinajstić information content (AvgIpc) is 2.91. The lowest BCUT2D eigenvalue weighted by molar-refractivity contribution is -0.125. The molecular weight excluding hydrogens is 228 g/mol. The van der Waals surface area contributed by atoms with Crippen molar-refractivity contribution in [3.8, 4) is 0 Å². The minimum Gasteiger partial charge on any atom is -0.383 e. The first-order valence-corrected chi connectivity index (χ1v) is 6.21. The SMILES string of the molecule is CC1(C)CCC2N=C(c3ccc(C=O)cc3)ON21. The Morgan fingerprint density at radius 2 is 2.11 bits per heavy atom. The average molecular weight is 244 g/mol. The molecule has 4 nitrogen and oxygen atoms in total. The molecule has 3 rings (SSSR count). The maximum atomic E-state index is 10.6. The Morgan fingerprint density at radius 1 is 1.39 bits per heavy atom. The van der Waals surface area contributed by atoms with Gasteiger partial charge in [-0.1, -0.05) is 12.1 Å². The summed E-state index contributed by atoms with van der Waals surface area (Å²) in [7, 11) is 0. The molecule has 0 spiro atoms. The van der Waals surface area contributed by atoms with E-state index in [1.54, 1.807) is 12.1 Å². The molecule has 4 heteroatoms. The highest BCUT2D eigenvalue weighted by molar-refractivity contribution is 5.95. The second kappa shape index (κ2) is 3.92. The third kappa shape index (κ3) is 1.73. The molecule has 18 heavy (non-hydrogen) atoms. The molecule has 2 heterocycles. The maximum Gasteiger partial charge on any atom is 0.242 e. The molecule has 0 radical (unpaired) electrons. The van der Waals surface area contributed by atoms with Gasteiger partial charge >= 0.3 is 0 Å². The number of hydrogen-bond acceptors (Lipinski definition) is 4. The zero-order chi connectivity index (χ0) is 12.8. The predicted molar refractivity (Wildman–Crippen MR) is 68.4 cm³/mol. The summed E-state index contributed by atoms with van der Waals surface area (Å²) >= 11 is 0. The summed E-state index contributed by atoms with van der Waals surface area (Å²) in [4.78, 5) is 21.1. The lowest BCUT2D eigenvalue weighted by Crippen LogP contribution is -2.39. The van der Waals surface area contributed by atoms with Crippen LogP contribution in [0.15, 0.2) is 29.3 Å². The van der Waals surface area contributed by atoms with Crippen molar-refractivity contribution in [2.75, 3.05) is 0 Å². The second-order valence-electron chi connectivity index (χ2n) is 5.42. The van der Waals surface area contributed by atoms with Crippen LogP contribution in [0, 0.1) is 0 Å². The van der Waals surface area contributed by atoms with Crippen molar-refractivity contribution >= 4 is 12.2 Å². The van der Waals surface area contributed by atoms with E-state index < -0.39 is 0 Å². The summed E-state index contributed by atoms with van der Waals surface area (Å²) in [5.41, 5.74) is 1.63. The quantitative estimate of drug-likeness (QED) is 0.750. The topological polar surface area (TPSA) is 41.9 Å². The van der Waals surface area contributed by atoms with Crippen molar-refractivity contribution in [3.05, 3.63) is 35.4 Å². The van der Waals surface area contributed by atoms with Crippen LogP contribution in [0.2, 0.25) is 0 Å². The van der Waals surface area contributed by atoms with E-state index >= 15 is 0 Å². The normalized spacial score (nSPS) is 25.4. The third-order valence-corrected chi connectivity index (χ3v) is 3.63. The predicted octanol–water partition coefficient (Wildman–Crippen LogP) is 2.39. The first kappa shape index (κ1) is 11.4. The molecule has 0 N–H and O–H groups in total. The Bertz CT molecular complexity index is 505. The van der Waals surface area contributed by atoms with Gasteiger partial charge < -0.3 is 4.84 Å². The molecule has 0 bridgehead atoms. The highest BCUT2D eigenvalue weighted by Gasteiger charge is 2.45. The number of fused-ring (bicyclic) bond motifs is 1. The molecule has 2 aliphatic heterocycles. The van der Waals surface area contributed by atoms with Gasteiger partial charge in [-0.25, -0.2) is 4.99 Å². The summed E-state index contributed by atoms with van der Waals surface area (Å²) in [5, 5.41) is 1.98.